The summed E-state index contributed by atoms with van der Waals surface area (Å²) in [7, 11) is 0. The van der Waals surface area contributed by atoms with Crippen LogP contribution in [0, 0.1) is 0 Å². The van der Waals surface area contributed by atoms with Crippen LogP contribution >= 0.6 is 0 Å². The average Bonchev–Trinajstić information content (AvgIpc) is 2.93. The Morgan fingerprint density at radius 1 is 1.50 bits per heavy atom. The lowest BCUT2D eigenvalue weighted by molar-refractivity contribution is -0.0693. The number of halogens is 2. The molecule has 6 unspecified atom stereocenters. The highest BCUT2D eigenvalue weighted by Crippen LogP contribution is 2.31. The second kappa shape index (κ2) is 4.72. The van der Waals surface area contributed by atoms with Gasteiger partial charge in [0, 0.05) is 0 Å². The van der Waals surface area contributed by atoms with Crippen LogP contribution in [0.3, 0.4) is 0 Å². The number of aliphatic hydroxyl groups excluding tert-OH is 2. The van der Waals surface area contributed by atoms with Gasteiger partial charge < -0.3 is 25.6 Å². The van der Waals surface area contributed by atoms with Gasteiger partial charge in [-0.2, -0.15) is 9.38 Å². The Kier molecular flexibility index (Phi) is 3.15. The third-order valence-electron chi connectivity index (χ3n) is 3.48. The highest BCUT2D eigenvalue weighted by Gasteiger charge is 2.51. The molecule has 0 spiro atoms. The Morgan fingerprint density at radius 2 is 2.25 bits per heavy atom. The molecule has 20 heavy (non-hydrogen) atoms. The van der Waals surface area contributed by atoms with E-state index in [2.05, 4.69) is 15.0 Å². The van der Waals surface area contributed by atoms with Gasteiger partial charge in [-0.05, 0) is 0 Å². The van der Waals surface area contributed by atoms with Gasteiger partial charge in [-0.1, -0.05) is 0 Å². The van der Waals surface area contributed by atoms with Crippen molar-refractivity contribution in [2.24, 2.45) is 20.7 Å². The number of aliphatic imine (C=N–C) groups is 3. The molecular formula is C10H13F2N5O3. The number of ether oxygens (including phenoxy) is 1. The lowest BCUT2D eigenvalue weighted by atomic mass is 10.1. The maximum absolute atomic E-state index is 14.0. The molecule has 1 fully saturated rings. The average molecular weight is 289 g/mol. The number of nitrogens with zero attached hydrogens (tertiary/aromatic N) is 4. The first-order valence-corrected chi connectivity index (χ1v) is 5.99. The van der Waals surface area contributed by atoms with Crippen LogP contribution in [0.5, 0.6) is 0 Å². The van der Waals surface area contributed by atoms with E-state index in [-0.39, 0.29) is 5.84 Å². The first-order valence-electron chi connectivity index (χ1n) is 5.99. The predicted molar refractivity (Wildman–Crippen MR) is 64.7 cm³/mol. The summed E-state index contributed by atoms with van der Waals surface area (Å²) in [6.07, 6.45) is -6.21. The third-order valence-corrected chi connectivity index (χ3v) is 3.48. The number of alkyl halides is 1. The van der Waals surface area contributed by atoms with Gasteiger partial charge in [-0.25, -0.2) is 9.38 Å². The van der Waals surface area contributed by atoms with Gasteiger partial charge in [0.15, 0.2) is 18.6 Å². The lowest BCUT2D eigenvalue weighted by Gasteiger charge is -2.31. The number of hydrogen-bond donors (Lipinski definition) is 3. The molecule has 8 nitrogen and oxygen atoms in total. The van der Waals surface area contributed by atoms with Crippen LogP contribution in [0.1, 0.15) is 0 Å². The van der Waals surface area contributed by atoms with E-state index in [0.717, 1.165) is 0 Å². The van der Waals surface area contributed by atoms with Crippen molar-refractivity contribution in [3.8, 4) is 0 Å². The zero-order chi connectivity index (χ0) is 14.4. The zero-order valence-electron chi connectivity index (χ0n) is 10.2. The van der Waals surface area contributed by atoms with Gasteiger partial charge in [-0.3, -0.25) is 4.99 Å². The van der Waals surface area contributed by atoms with Crippen molar-refractivity contribution < 1.29 is 23.7 Å². The summed E-state index contributed by atoms with van der Waals surface area (Å²) in [4.78, 5) is 12.2. The molecule has 3 rings (SSSR count). The fourth-order valence-corrected chi connectivity index (χ4v) is 2.44. The number of aliphatic hydroxyl groups is 2. The summed E-state index contributed by atoms with van der Waals surface area (Å²) in [5.74, 6) is -0.0612. The SMILES string of the molecule is NC1=NC(F)=NC2C1N=CN2C1OC(CO)C(O)C1F. The second-order valence-corrected chi connectivity index (χ2v) is 4.69. The molecule has 0 radical (unpaired) electrons. The van der Waals surface area contributed by atoms with Crippen molar-refractivity contribution >= 4 is 18.3 Å². The molecule has 0 aromatic rings. The van der Waals surface area contributed by atoms with Gasteiger partial charge in [0.25, 0.3) is 0 Å². The van der Waals surface area contributed by atoms with E-state index in [4.69, 9.17) is 15.6 Å². The maximum Gasteiger partial charge on any atom is 0.307 e. The van der Waals surface area contributed by atoms with Crippen molar-refractivity contribution in [2.45, 2.75) is 36.8 Å². The molecule has 0 aromatic heterocycles. The molecule has 0 bridgehead atoms. The molecule has 10 heteroatoms. The molecule has 110 valence electrons. The predicted octanol–water partition coefficient (Wildman–Crippen LogP) is -1.86. The summed E-state index contributed by atoms with van der Waals surface area (Å²) in [6, 6.07) is -0.712. The van der Waals surface area contributed by atoms with Crippen LogP contribution < -0.4 is 5.73 Å². The van der Waals surface area contributed by atoms with Gasteiger partial charge in [0.1, 0.15) is 24.1 Å². The van der Waals surface area contributed by atoms with Crippen molar-refractivity contribution in [1.82, 2.24) is 4.90 Å². The van der Waals surface area contributed by atoms with Crippen LogP contribution in [-0.2, 0) is 4.74 Å². The highest BCUT2D eigenvalue weighted by atomic mass is 19.1. The number of rotatable bonds is 2. The molecular weight excluding hydrogens is 276 g/mol. The highest BCUT2D eigenvalue weighted by molar-refractivity contribution is 5.99. The zero-order valence-corrected chi connectivity index (χ0v) is 10.2. The van der Waals surface area contributed by atoms with E-state index in [9.17, 15) is 13.9 Å². The van der Waals surface area contributed by atoms with Crippen molar-refractivity contribution in [3.63, 3.8) is 0 Å². The van der Waals surface area contributed by atoms with Crippen molar-refractivity contribution in [1.29, 1.82) is 0 Å². The van der Waals surface area contributed by atoms with E-state index in [1.54, 1.807) is 0 Å². The fourth-order valence-electron chi connectivity index (χ4n) is 2.44. The normalized spacial score (nSPS) is 43.5. The maximum atomic E-state index is 14.0. The van der Waals surface area contributed by atoms with Crippen molar-refractivity contribution in [2.75, 3.05) is 6.61 Å². The molecule has 1 saturated heterocycles. The smallest absolute Gasteiger partial charge is 0.307 e. The molecule has 0 aliphatic carbocycles. The lowest BCUT2D eigenvalue weighted by Crippen LogP contribution is -2.51. The number of amidine groups is 2. The fraction of sp³-hybridized carbons (Fsp3) is 0.700. The Balaban J connectivity index is 1.83. The van der Waals surface area contributed by atoms with E-state index >= 15 is 0 Å². The Hall–Kier alpha value is -1.65. The standard InChI is InChI=1S/C10H13F2N5O3/c11-4-6(19)3(1-18)20-9(4)17-2-14-5-7(13)15-10(12)16-8(5)17/h2-6,8-9,18-19H,1H2,(H2,13,15,16). The monoisotopic (exact) mass is 289 g/mol. The van der Waals surface area contributed by atoms with E-state index in [0.29, 0.717) is 0 Å². The molecule has 3 heterocycles. The summed E-state index contributed by atoms with van der Waals surface area (Å²) < 4.78 is 32.5. The van der Waals surface area contributed by atoms with Crippen LogP contribution in [0.4, 0.5) is 8.78 Å². The minimum absolute atomic E-state index is 0.0612. The van der Waals surface area contributed by atoms with Gasteiger partial charge in [0.05, 0.1) is 12.9 Å². The number of fused-ring (bicyclic) bond motifs is 1. The number of nitrogens with two attached hydrogens (primary N) is 1. The van der Waals surface area contributed by atoms with Gasteiger partial charge in [0.2, 0.25) is 0 Å². The topological polar surface area (TPSA) is 116 Å². The van der Waals surface area contributed by atoms with Crippen molar-refractivity contribution in [3.05, 3.63) is 0 Å². The van der Waals surface area contributed by atoms with Gasteiger partial charge >= 0.3 is 6.09 Å². The molecule has 0 aromatic carbocycles. The first kappa shape index (κ1) is 13.3. The first-order chi connectivity index (χ1) is 9.52. The Labute approximate surface area is 112 Å². The Bertz CT molecular complexity index is 499. The summed E-state index contributed by atoms with van der Waals surface area (Å²) in [6.45, 7) is -0.529. The second-order valence-electron chi connectivity index (χ2n) is 4.69. The number of hydrogen-bond acceptors (Lipinski definition) is 8. The van der Waals surface area contributed by atoms with Crippen LogP contribution in [0.25, 0.3) is 0 Å². The van der Waals surface area contributed by atoms with Crippen LogP contribution in [0.2, 0.25) is 0 Å². The molecule has 4 N–H and O–H groups in total. The molecule has 0 amide bonds. The quantitative estimate of drug-likeness (QED) is 0.515. The van der Waals surface area contributed by atoms with E-state index < -0.39 is 49.5 Å². The van der Waals surface area contributed by atoms with E-state index in [1.807, 2.05) is 0 Å². The Morgan fingerprint density at radius 3 is 2.90 bits per heavy atom. The van der Waals surface area contributed by atoms with Crippen LogP contribution in [0.15, 0.2) is 15.0 Å². The molecule has 0 saturated carbocycles. The molecule has 6 atom stereocenters. The summed E-state index contributed by atoms with van der Waals surface area (Å²) >= 11 is 0. The van der Waals surface area contributed by atoms with Gasteiger partial charge in [-0.15, -0.1) is 0 Å². The third kappa shape index (κ3) is 1.87. The molecule has 3 aliphatic heterocycles. The van der Waals surface area contributed by atoms with E-state index in [1.165, 1.54) is 11.2 Å². The largest absolute Gasteiger partial charge is 0.394 e. The minimum atomic E-state index is -1.78. The summed E-state index contributed by atoms with van der Waals surface area (Å²) in [5, 5.41) is 18.6. The molecule has 3 aliphatic rings. The van der Waals surface area contributed by atoms with Crippen LogP contribution in [-0.4, -0.2) is 76.8 Å². The summed E-state index contributed by atoms with van der Waals surface area (Å²) in [5.41, 5.74) is 5.55. The minimum Gasteiger partial charge on any atom is -0.394 e.